The van der Waals surface area contributed by atoms with Gasteiger partial charge in [0.15, 0.2) is 0 Å². The zero-order valence-corrected chi connectivity index (χ0v) is 35.4. The van der Waals surface area contributed by atoms with Crippen LogP contribution in [0.25, 0.3) is 61.0 Å². The molecule has 0 radical (unpaired) electrons. The molecule has 2 aromatic heterocycles. The maximum absolute atomic E-state index is 9.53. The zero-order valence-electron chi connectivity index (χ0n) is 38.4. The Hall–Kier alpha value is -7.89. The molecule has 8 aromatic carbocycles. The molecule has 0 amide bonds. The Labute approximate surface area is 373 Å². The van der Waals surface area contributed by atoms with Gasteiger partial charge in [0.1, 0.15) is 24.0 Å². The third kappa shape index (κ3) is 6.88. The van der Waals surface area contributed by atoms with Gasteiger partial charge >= 0.3 is 0 Å². The second kappa shape index (κ2) is 15.5. The molecule has 11 rings (SSSR count). The van der Waals surface area contributed by atoms with E-state index in [9.17, 15) is 1.37 Å². The quantitative estimate of drug-likeness (QED) is 0.153. The van der Waals surface area contributed by atoms with Crippen LogP contribution in [0.4, 0.5) is 22.7 Å². The van der Waals surface area contributed by atoms with Gasteiger partial charge in [-0.3, -0.25) is 4.57 Å². The molecule has 5 nitrogen and oxygen atoms in total. The summed E-state index contributed by atoms with van der Waals surface area (Å²) < 4.78 is 35.9. The van der Waals surface area contributed by atoms with Crippen molar-refractivity contribution in [2.24, 2.45) is 0 Å². The van der Waals surface area contributed by atoms with Gasteiger partial charge in [0.25, 0.3) is 0 Å². The number of pyridine rings is 1. The van der Waals surface area contributed by atoms with Crippen molar-refractivity contribution in [3.8, 4) is 50.7 Å². The first kappa shape index (κ1) is 34.8. The van der Waals surface area contributed by atoms with Crippen LogP contribution in [0.5, 0.6) is 11.5 Å². The maximum Gasteiger partial charge on any atom is 0.137 e. The van der Waals surface area contributed by atoms with E-state index < -0.39 is 5.41 Å². The van der Waals surface area contributed by atoms with Crippen LogP contribution in [0.3, 0.4) is 0 Å². The average molecular weight is 818 g/mol. The largest absolute Gasteiger partial charge is 0.457 e. The summed E-state index contributed by atoms with van der Waals surface area (Å²) in [4.78, 5) is 9.43. The number of benzene rings is 8. The summed E-state index contributed by atoms with van der Waals surface area (Å²) in [6.07, 6.45) is -0.161. The van der Waals surface area contributed by atoms with Crippen molar-refractivity contribution in [2.75, 3.05) is 16.5 Å². The van der Waals surface area contributed by atoms with Crippen molar-refractivity contribution in [2.45, 2.75) is 26.2 Å². The van der Waals surface area contributed by atoms with Crippen molar-refractivity contribution in [1.29, 1.82) is 0 Å². The van der Waals surface area contributed by atoms with Crippen molar-refractivity contribution >= 4 is 44.6 Å². The van der Waals surface area contributed by atoms with Gasteiger partial charge in [0, 0.05) is 45.9 Å². The normalized spacial score (nSPS) is 13.2. The fourth-order valence-electron chi connectivity index (χ4n) is 9.00. The first-order valence-electron chi connectivity index (χ1n) is 22.9. The number of ether oxygens (including phenoxy) is 1. The molecule has 10 aromatic rings. The van der Waals surface area contributed by atoms with E-state index in [4.69, 9.17) is 7.48 Å². The van der Waals surface area contributed by atoms with Gasteiger partial charge in [-0.25, -0.2) is 4.98 Å². The van der Waals surface area contributed by atoms with Crippen LogP contribution in [0.2, 0.25) is 0 Å². The molecule has 1 aliphatic heterocycles. The van der Waals surface area contributed by atoms with E-state index in [1.54, 1.807) is 0 Å². The third-order valence-corrected chi connectivity index (χ3v) is 12.0. The van der Waals surface area contributed by atoms with Gasteiger partial charge in [-0.1, -0.05) is 160 Å². The van der Waals surface area contributed by atoms with Crippen molar-refractivity contribution in [1.82, 2.24) is 9.55 Å². The van der Waals surface area contributed by atoms with Gasteiger partial charge in [0.05, 0.1) is 32.2 Å². The van der Waals surface area contributed by atoms with Crippen LogP contribution in [-0.4, -0.2) is 16.2 Å². The summed E-state index contributed by atoms with van der Waals surface area (Å²) in [5.74, 6) is 1.60. The van der Waals surface area contributed by atoms with Crippen molar-refractivity contribution in [3.05, 3.63) is 218 Å². The standard InChI is InChI=1S/C58H46N4O/c1-58(2,3)43-34-35-59-55(36-43)62-53-31-17-26-47(40-18-7-4-8-19-40)56(53)50-33-32-46(38-54(50)62)63-45-25-15-24-44(37-45)60-39-61(52-30-14-13-29-51(52)60)57-48(41-20-9-5-10-21-41)27-16-28-49(57)42-22-11-6-12-23-42/h4-38H,39H2,1-3H3/i34D,35D,36D. The summed E-state index contributed by atoms with van der Waals surface area (Å²) in [7, 11) is 0. The van der Waals surface area contributed by atoms with Crippen LogP contribution in [0, 0.1) is 0 Å². The summed E-state index contributed by atoms with van der Waals surface area (Å²) in [5.41, 5.74) is 12.6. The highest BCUT2D eigenvalue weighted by molar-refractivity contribution is 6.16. The highest BCUT2D eigenvalue weighted by atomic mass is 16.5. The average Bonchev–Trinajstić information content (AvgIpc) is 3.89. The molecule has 0 spiro atoms. The Morgan fingerprint density at radius 3 is 1.78 bits per heavy atom. The third-order valence-electron chi connectivity index (χ3n) is 12.0. The number of hydrogen-bond acceptors (Lipinski definition) is 4. The van der Waals surface area contributed by atoms with Crippen LogP contribution in [0.15, 0.2) is 212 Å². The molecule has 0 unspecified atom stereocenters. The van der Waals surface area contributed by atoms with E-state index in [0.717, 1.165) is 77.9 Å². The van der Waals surface area contributed by atoms with E-state index in [1.807, 2.05) is 79.9 Å². The molecule has 1 aliphatic rings. The summed E-state index contributed by atoms with van der Waals surface area (Å²) in [6.45, 7) is 6.51. The monoisotopic (exact) mass is 817 g/mol. The number of rotatable bonds is 8. The number of anilines is 4. The molecule has 63 heavy (non-hydrogen) atoms. The number of aromatic nitrogens is 2. The number of hydrogen-bond donors (Lipinski definition) is 0. The van der Waals surface area contributed by atoms with Crippen LogP contribution in [-0.2, 0) is 5.41 Å². The van der Waals surface area contributed by atoms with Crippen LogP contribution >= 0.6 is 0 Å². The Kier molecular flexibility index (Phi) is 8.58. The Morgan fingerprint density at radius 1 is 0.540 bits per heavy atom. The molecule has 0 saturated heterocycles. The highest BCUT2D eigenvalue weighted by Crippen LogP contribution is 2.50. The Bertz CT molecular complexity index is 3400. The minimum absolute atomic E-state index is 0.0216. The Morgan fingerprint density at radius 2 is 1.11 bits per heavy atom. The zero-order chi connectivity index (χ0) is 45.1. The summed E-state index contributed by atoms with van der Waals surface area (Å²) >= 11 is 0. The predicted molar refractivity (Wildman–Crippen MR) is 262 cm³/mol. The maximum atomic E-state index is 9.53. The first-order chi connectivity index (χ1) is 32.1. The molecule has 0 saturated carbocycles. The van der Waals surface area contributed by atoms with E-state index in [0.29, 0.717) is 29.5 Å². The molecule has 304 valence electrons. The lowest BCUT2D eigenvalue weighted by molar-refractivity contribution is 0.483. The van der Waals surface area contributed by atoms with Crippen LogP contribution < -0.4 is 14.5 Å². The second-order valence-corrected chi connectivity index (χ2v) is 17.0. The molecule has 0 bridgehead atoms. The fourth-order valence-corrected chi connectivity index (χ4v) is 9.00. The number of nitrogens with zero attached hydrogens (tertiary/aromatic N) is 4. The predicted octanol–water partition coefficient (Wildman–Crippen LogP) is 15.5. The van der Waals surface area contributed by atoms with E-state index >= 15 is 0 Å². The molecule has 3 heterocycles. The molecule has 0 N–H and O–H groups in total. The molecule has 0 fully saturated rings. The SMILES string of the molecule is [2H]c1nc(-n2c3cc(Oc4cccc(N5CN(c6c(-c7ccccc7)cccc6-c6ccccc6)c6ccccc65)c4)ccc3c3c(-c4ccccc4)cccc32)c([2H])c(C(C)(C)C)c1[2H]. The summed E-state index contributed by atoms with van der Waals surface area (Å²) in [6, 6.07) is 67.3. The topological polar surface area (TPSA) is 33.5 Å². The van der Waals surface area contributed by atoms with Gasteiger partial charge in [0.2, 0.25) is 0 Å². The highest BCUT2D eigenvalue weighted by Gasteiger charge is 2.31. The lowest BCUT2D eigenvalue weighted by Gasteiger charge is -2.27. The molecular weight excluding hydrogens is 769 g/mol. The molecular formula is C58H46N4O. The smallest absolute Gasteiger partial charge is 0.137 e. The number of fused-ring (bicyclic) bond motifs is 4. The van der Waals surface area contributed by atoms with E-state index in [2.05, 4.69) is 154 Å². The minimum atomic E-state index is -0.558. The second-order valence-electron chi connectivity index (χ2n) is 17.0. The summed E-state index contributed by atoms with van der Waals surface area (Å²) in [5, 5.41) is 1.97. The van der Waals surface area contributed by atoms with Gasteiger partial charge < -0.3 is 14.5 Å². The van der Waals surface area contributed by atoms with Crippen molar-refractivity contribution in [3.63, 3.8) is 0 Å². The fraction of sp³-hybridized carbons (Fsp3) is 0.0862. The first-order valence-corrected chi connectivity index (χ1v) is 21.4. The lowest BCUT2D eigenvalue weighted by Crippen LogP contribution is -2.24. The van der Waals surface area contributed by atoms with Gasteiger partial charge in [-0.2, -0.15) is 0 Å². The van der Waals surface area contributed by atoms with Crippen molar-refractivity contribution < 1.29 is 8.85 Å². The van der Waals surface area contributed by atoms with E-state index in [1.165, 1.54) is 0 Å². The van der Waals surface area contributed by atoms with Gasteiger partial charge in [-0.15, -0.1) is 0 Å². The minimum Gasteiger partial charge on any atom is -0.457 e. The number of para-hydroxylation sites is 3. The molecule has 5 heteroatoms. The Balaban J connectivity index is 1.02. The van der Waals surface area contributed by atoms with Gasteiger partial charge in [-0.05, 0) is 87.8 Å². The molecule has 0 aliphatic carbocycles. The molecule has 0 atom stereocenters. The lowest BCUT2D eigenvalue weighted by atomic mass is 9.88. The van der Waals surface area contributed by atoms with E-state index in [-0.39, 0.29) is 18.3 Å². The van der Waals surface area contributed by atoms with Crippen LogP contribution in [0.1, 0.15) is 30.4 Å².